The van der Waals surface area contributed by atoms with Gasteiger partial charge in [0, 0.05) is 15.3 Å². The quantitative estimate of drug-likeness (QED) is 0.422. The average molecular weight is 484 g/mol. The third-order valence-corrected chi connectivity index (χ3v) is 8.57. The van der Waals surface area contributed by atoms with Crippen molar-refractivity contribution < 1.29 is 14.4 Å². The number of amides is 3. The number of hydrogen-bond donors (Lipinski definition) is 3. The fraction of sp³-hybridized carbons (Fsp3) is 0.591. The number of hydrogen-bond acceptors (Lipinski definition) is 4. The summed E-state index contributed by atoms with van der Waals surface area (Å²) in [5.41, 5.74) is 4.48. The van der Waals surface area contributed by atoms with Crippen molar-refractivity contribution in [2.45, 2.75) is 56.4 Å². The monoisotopic (exact) mass is 483 g/mol. The lowest BCUT2D eigenvalue weighted by molar-refractivity contribution is -0.148. The number of carbonyl (C=O) groups is 3. The fourth-order valence-corrected chi connectivity index (χ4v) is 7.10. The van der Waals surface area contributed by atoms with Crippen LogP contribution in [0.25, 0.3) is 0 Å². The largest absolute Gasteiger partial charge is 0.344 e. The minimum atomic E-state index is -0.726. The van der Waals surface area contributed by atoms with Gasteiger partial charge in [0.1, 0.15) is 6.04 Å². The standard InChI is InChI=1S/C22H27Cl2N3O3S/c1-12(25-21(30)22-8-13-4-14(9-22)6-15(5-13)10-22)20(29)27-26-19(28)11-31-18-7-16(23)2-3-17(18)24/h2-3,7,12-15H,4-6,8-11H2,1H3,(H,25,30)(H,26,28)(H,27,29)/t12-,13?,14?,15?,22?/m0/s1. The maximum Gasteiger partial charge on any atom is 0.260 e. The van der Waals surface area contributed by atoms with Crippen molar-refractivity contribution >= 4 is 52.7 Å². The van der Waals surface area contributed by atoms with Crippen molar-refractivity contribution in [2.75, 3.05) is 5.75 Å². The molecule has 168 valence electrons. The Morgan fingerprint density at radius 2 is 1.68 bits per heavy atom. The molecule has 0 spiro atoms. The van der Waals surface area contributed by atoms with Crippen LogP contribution < -0.4 is 16.2 Å². The van der Waals surface area contributed by atoms with E-state index in [2.05, 4.69) is 16.2 Å². The van der Waals surface area contributed by atoms with E-state index in [-0.39, 0.29) is 23.0 Å². The van der Waals surface area contributed by atoms with Crippen LogP contribution >= 0.6 is 35.0 Å². The van der Waals surface area contributed by atoms with E-state index >= 15 is 0 Å². The Bertz CT molecular complexity index is 859. The van der Waals surface area contributed by atoms with Gasteiger partial charge in [-0.2, -0.15) is 0 Å². The summed E-state index contributed by atoms with van der Waals surface area (Å²) in [6.45, 7) is 1.64. The summed E-state index contributed by atoms with van der Waals surface area (Å²) in [5, 5.41) is 3.93. The average Bonchev–Trinajstić information content (AvgIpc) is 2.71. The van der Waals surface area contributed by atoms with Crippen LogP contribution in [0.1, 0.15) is 45.4 Å². The lowest BCUT2D eigenvalue weighted by Crippen LogP contribution is -2.58. The summed E-state index contributed by atoms with van der Waals surface area (Å²) in [4.78, 5) is 38.2. The van der Waals surface area contributed by atoms with Crippen LogP contribution in [0.15, 0.2) is 23.1 Å². The highest BCUT2D eigenvalue weighted by molar-refractivity contribution is 8.00. The lowest BCUT2D eigenvalue weighted by atomic mass is 9.49. The highest BCUT2D eigenvalue weighted by Gasteiger charge is 2.54. The van der Waals surface area contributed by atoms with E-state index in [0.29, 0.717) is 32.7 Å². The number of thioether (sulfide) groups is 1. The molecule has 0 saturated heterocycles. The summed E-state index contributed by atoms with van der Waals surface area (Å²) in [7, 11) is 0. The molecule has 0 heterocycles. The topological polar surface area (TPSA) is 87.3 Å². The van der Waals surface area contributed by atoms with E-state index in [1.165, 1.54) is 31.0 Å². The Hall–Kier alpha value is -1.44. The summed E-state index contributed by atoms with van der Waals surface area (Å²) in [5.74, 6) is 1.20. The molecule has 1 atom stereocenters. The fourth-order valence-electron chi connectivity index (χ4n) is 5.81. The van der Waals surface area contributed by atoms with Crippen molar-refractivity contribution in [3.05, 3.63) is 28.2 Å². The Labute approximate surface area is 196 Å². The molecule has 0 unspecified atom stereocenters. The van der Waals surface area contributed by atoms with E-state index < -0.39 is 11.9 Å². The second kappa shape index (κ2) is 9.20. The Morgan fingerprint density at radius 1 is 1.06 bits per heavy atom. The van der Waals surface area contributed by atoms with Crippen molar-refractivity contribution in [2.24, 2.45) is 23.2 Å². The predicted octanol–water partition coefficient (Wildman–Crippen LogP) is 3.95. The highest BCUT2D eigenvalue weighted by Crippen LogP contribution is 2.60. The van der Waals surface area contributed by atoms with Gasteiger partial charge < -0.3 is 5.32 Å². The Morgan fingerprint density at radius 3 is 2.29 bits per heavy atom. The van der Waals surface area contributed by atoms with Crippen LogP contribution in [-0.2, 0) is 14.4 Å². The molecule has 9 heteroatoms. The third kappa shape index (κ3) is 5.15. The van der Waals surface area contributed by atoms with Crippen molar-refractivity contribution in [3.63, 3.8) is 0 Å². The van der Waals surface area contributed by atoms with Crippen LogP contribution in [0, 0.1) is 23.2 Å². The minimum absolute atomic E-state index is 0.00766. The molecule has 3 N–H and O–H groups in total. The van der Waals surface area contributed by atoms with Crippen LogP contribution in [0.3, 0.4) is 0 Å². The molecule has 6 nitrogen and oxygen atoms in total. The zero-order valence-electron chi connectivity index (χ0n) is 17.4. The van der Waals surface area contributed by atoms with E-state index in [9.17, 15) is 14.4 Å². The van der Waals surface area contributed by atoms with Crippen molar-refractivity contribution in [3.8, 4) is 0 Å². The SMILES string of the molecule is C[C@H](NC(=O)C12CC3CC(CC(C3)C1)C2)C(=O)NNC(=O)CSc1cc(Cl)ccc1Cl. The van der Waals surface area contributed by atoms with Gasteiger partial charge in [-0.1, -0.05) is 23.2 Å². The zero-order valence-corrected chi connectivity index (χ0v) is 19.7. The summed E-state index contributed by atoms with van der Waals surface area (Å²) >= 11 is 13.3. The van der Waals surface area contributed by atoms with E-state index in [4.69, 9.17) is 23.2 Å². The second-order valence-corrected chi connectivity index (χ2v) is 11.2. The van der Waals surface area contributed by atoms with Gasteiger partial charge >= 0.3 is 0 Å². The molecule has 0 aromatic heterocycles. The van der Waals surface area contributed by atoms with E-state index in [1.807, 2.05) is 0 Å². The van der Waals surface area contributed by atoms with Gasteiger partial charge in [-0.25, -0.2) is 0 Å². The number of hydrazine groups is 1. The first-order valence-corrected chi connectivity index (χ1v) is 12.5. The van der Waals surface area contributed by atoms with Gasteiger partial charge in [-0.15, -0.1) is 11.8 Å². The van der Waals surface area contributed by atoms with Crippen molar-refractivity contribution in [1.82, 2.24) is 16.2 Å². The van der Waals surface area contributed by atoms with Crippen LogP contribution in [-0.4, -0.2) is 29.5 Å². The van der Waals surface area contributed by atoms with Crippen LogP contribution in [0.4, 0.5) is 0 Å². The molecule has 1 aromatic carbocycles. The predicted molar refractivity (Wildman–Crippen MR) is 122 cm³/mol. The van der Waals surface area contributed by atoms with E-state index in [0.717, 1.165) is 19.3 Å². The number of rotatable bonds is 6. The Balaban J connectivity index is 1.23. The molecule has 31 heavy (non-hydrogen) atoms. The maximum atomic E-state index is 13.1. The second-order valence-electron chi connectivity index (χ2n) is 9.29. The highest BCUT2D eigenvalue weighted by atomic mass is 35.5. The summed E-state index contributed by atoms with van der Waals surface area (Å²) in [6.07, 6.45) is 6.60. The summed E-state index contributed by atoms with van der Waals surface area (Å²) < 4.78 is 0. The molecular weight excluding hydrogens is 457 g/mol. The van der Waals surface area contributed by atoms with E-state index in [1.54, 1.807) is 25.1 Å². The molecule has 5 rings (SSSR count). The van der Waals surface area contributed by atoms with Gasteiger partial charge in [0.05, 0.1) is 10.8 Å². The number of halogens is 2. The maximum absolute atomic E-state index is 13.1. The molecular formula is C22H27Cl2N3O3S. The molecule has 0 aliphatic heterocycles. The number of nitrogens with one attached hydrogen (secondary N) is 3. The zero-order chi connectivity index (χ0) is 22.2. The first-order chi connectivity index (χ1) is 14.7. The minimum Gasteiger partial charge on any atom is -0.344 e. The van der Waals surface area contributed by atoms with Crippen molar-refractivity contribution in [1.29, 1.82) is 0 Å². The molecule has 4 bridgehead atoms. The lowest BCUT2D eigenvalue weighted by Gasteiger charge is -2.55. The molecule has 1 aromatic rings. The van der Waals surface area contributed by atoms with Gasteiger partial charge in [0.2, 0.25) is 11.8 Å². The normalized spacial score (nSPS) is 29.3. The molecule has 3 amide bonds. The number of benzene rings is 1. The van der Waals surface area contributed by atoms with Crippen LogP contribution in [0.2, 0.25) is 10.0 Å². The molecule has 0 radical (unpaired) electrons. The first kappa shape index (κ1) is 22.7. The molecule has 4 aliphatic carbocycles. The smallest absolute Gasteiger partial charge is 0.260 e. The van der Waals surface area contributed by atoms with Gasteiger partial charge in [-0.05, 0) is 81.4 Å². The molecule has 4 saturated carbocycles. The molecule has 4 fully saturated rings. The third-order valence-electron chi connectivity index (χ3n) is 6.84. The molecule has 4 aliphatic rings. The summed E-state index contributed by atoms with van der Waals surface area (Å²) in [6, 6.07) is 4.30. The first-order valence-electron chi connectivity index (χ1n) is 10.7. The van der Waals surface area contributed by atoms with Crippen LogP contribution in [0.5, 0.6) is 0 Å². The van der Waals surface area contributed by atoms with Gasteiger partial charge in [-0.3, -0.25) is 25.2 Å². The Kier molecular flexibility index (Phi) is 6.75. The van der Waals surface area contributed by atoms with Gasteiger partial charge in [0.15, 0.2) is 0 Å². The van der Waals surface area contributed by atoms with Gasteiger partial charge in [0.25, 0.3) is 5.91 Å². The number of carbonyl (C=O) groups excluding carboxylic acids is 3.